The van der Waals surface area contributed by atoms with Crippen molar-refractivity contribution in [1.82, 2.24) is 0 Å². The minimum Gasteiger partial charge on any atom is -0.373 e. The Balaban J connectivity index is 1.91. The van der Waals surface area contributed by atoms with Crippen LogP contribution in [0.15, 0.2) is 18.2 Å². The second-order valence-corrected chi connectivity index (χ2v) is 4.65. The van der Waals surface area contributed by atoms with Gasteiger partial charge in [0.15, 0.2) is 0 Å². The van der Waals surface area contributed by atoms with Crippen LogP contribution in [-0.2, 0) is 11.3 Å². The molecule has 1 aromatic carbocycles. The molecular weight excluding hydrogens is 229 g/mol. The van der Waals surface area contributed by atoms with Crippen molar-refractivity contribution in [2.24, 2.45) is 5.73 Å². The molecule has 2 nitrogen and oxygen atoms in total. The van der Waals surface area contributed by atoms with Gasteiger partial charge < -0.3 is 10.5 Å². The Kier molecular flexibility index (Phi) is 3.79. The molecule has 16 heavy (non-hydrogen) atoms. The normalized spacial score (nSPS) is 24.9. The molecule has 0 spiro atoms. The van der Waals surface area contributed by atoms with Crippen molar-refractivity contribution in [3.05, 3.63) is 34.6 Å². The van der Waals surface area contributed by atoms with E-state index in [-0.39, 0.29) is 18.0 Å². The third-order valence-electron chi connectivity index (χ3n) is 2.91. The van der Waals surface area contributed by atoms with Gasteiger partial charge in [-0.2, -0.15) is 0 Å². The second kappa shape index (κ2) is 5.13. The van der Waals surface area contributed by atoms with Gasteiger partial charge in [0.05, 0.1) is 12.7 Å². The molecule has 0 saturated heterocycles. The summed E-state index contributed by atoms with van der Waals surface area (Å²) in [5.41, 5.74) is 6.48. The predicted molar refractivity (Wildman–Crippen MR) is 61.8 cm³/mol. The Bertz CT molecular complexity index is 372. The number of hydrogen-bond acceptors (Lipinski definition) is 2. The molecule has 0 radical (unpaired) electrons. The van der Waals surface area contributed by atoms with Crippen LogP contribution in [0.1, 0.15) is 24.8 Å². The molecule has 2 N–H and O–H groups in total. The lowest BCUT2D eigenvalue weighted by Crippen LogP contribution is -2.17. The van der Waals surface area contributed by atoms with Crippen LogP contribution in [0, 0.1) is 5.82 Å². The fourth-order valence-electron chi connectivity index (χ4n) is 1.99. The van der Waals surface area contributed by atoms with E-state index in [1.54, 1.807) is 6.07 Å². The largest absolute Gasteiger partial charge is 0.373 e. The minimum atomic E-state index is -0.286. The molecule has 0 heterocycles. The van der Waals surface area contributed by atoms with Gasteiger partial charge in [-0.05, 0) is 43.0 Å². The quantitative estimate of drug-likeness (QED) is 0.886. The summed E-state index contributed by atoms with van der Waals surface area (Å²) in [5.74, 6) is -0.286. The maximum absolute atomic E-state index is 13.0. The smallest absolute Gasteiger partial charge is 0.123 e. The third-order valence-corrected chi connectivity index (χ3v) is 3.28. The van der Waals surface area contributed by atoms with E-state index in [9.17, 15) is 4.39 Å². The number of ether oxygens (including phenoxy) is 1. The minimum absolute atomic E-state index is 0.189. The molecule has 2 unspecified atom stereocenters. The Morgan fingerprint density at radius 3 is 2.94 bits per heavy atom. The highest BCUT2D eigenvalue weighted by Gasteiger charge is 2.22. The highest BCUT2D eigenvalue weighted by atomic mass is 35.5. The number of nitrogens with two attached hydrogens (primary N) is 1. The van der Waals surface area contributed by atoms with Gasteiger partial charge in [-0.3, -0.25) is 0 Å². The van der Waals surface area contributed by atoms with E-state index >= 15 is 0 Å². The van der Waals surface area contributed by atoms with Gasteiger partial charge >= 0.3 is 0 Å². The maximum atomic E-state index is 13.0. The van der Waals surface area contributed by atoms with Crippen LogP contribution in [-0.4, -0.2) is 12.1 Å². The van der Waals surface area contributed by atoms with Gasteiger partial charge in [-0.25, -0.2) is 4.39 Å². The Morgan fingerprint density at radius 2 is 2.25 bits per heavy atom. The van der Waals surface area contributed by atoms with Gasteiger partial charge in [0.25, 0.3) is 0 Å². The van der Waals surface area contributed by atoms with Gasteiger partial charge in [0, 0.05) is 11.1 Å². The van der Waals surface area contributed by atoms with Crippen molar-refractivity contribution < 1.29 is 9.13 Å². The van der Waals surface area contributed by atoms with E-state index in [0.29, 0.717) is 17.2 Å². The lowest BCUT2D eigenvalue weighted by Gasteiger charge is -2.12. The molecule has 1 aromatic rings. The summed E-state index contributed by atoms with van der Waals surface area (Å²) in [5, 5.41) is 0.545. The van der Waals surface area contributed by atoms with Crippen molar-refractivity contribution in [3.63, 3.8) is 0 Å². The van der Waals surface area contributed by atoms with Crippen molar-refractivity contribution in [1.29, 1.82) is 0 Å². The molecule has 0 aromatic heterocycles. The molecular formula is C12H15ClFNO. The van der Waals surface area contributed by atoms with Crippen molar-refractivity contribution in [2.75, 3.05) is 0 Å². The van der Waals surface area contributed by atoms with Gasteiger partial charge in [-0.1, -0.05) is 11.6 Å². The Labute approximate surface area is 99.5 Å². The molecule has 88 valence electrons. The fourth-order valence-corrected chi connectivity index (χ4v) is 2.16. The SMILES string of the molecule is NC1CCC(OCc2cc(F)ccc2Cl)C1. The average molecular weight is 244 g/mol. The van der Waals surface area contributed by atoms with E-state index in [1.165, 1.54) is 12.1 Å². The van der Waals surface area contributed by atoms with E-state index in [1.807, 2.05) is 0 Å². The van der Waals surface area contributed by atoms with E-state index in [0.717, 1.165) is 19.3 Å². The summed E-state index contributed by atoms with van der Waals surface area (Å²) < 4.78 is 18.6. The van der Waals surface area contributed by atoms with Crippen LogP contribution in [0.25, 0.3) is 0 Å². The van der Waals surface area contributed by atoms with Gasteiger partial charge in [0.2, 0.25) is 0 Å². The van der Waals surface area contributed by atoms with Crippen LogP contribution in [0.2, 0.25) is 5.02 Å². The first-order chi connectivity index (χ1) is 7.65. The molecule has 1 fully saturated rings. The second-order valence-electron chi connectivity index (χ2n) is 4.24. The first-order valence-electron chi connectivity index (χ1n) is 5.46. The first-order valence-corrected chi connectivity index (χ1v) is 5.84. The topological polar surface area (TPSA) is 35.2 Å². The molecule has 4 heteroatoms. The molecule has 0 aliphatic heterocycles. The first kappa shape index (κ1) is 11.8. The van der Waals surface area contributed by atoms with Crippen LogP contribution in [0.5, 0.6) is 0 Å². The van der Waals surface area contributed by atoms with Gasteiger partial charge in [-0.15, -0.1) is 0 Å². The molecule has 1 saturated carbocycles. The van der Waals surface area contributed by atoms with Gasteiger partial charge in [0.1, 0.15) is 5.82 Å². The van der Waals surface area contributed by atoms with E-state index in [4.69, 9.17) is 22.1 Å². The Hall–Kier alpha value is -0.640. The zero-order chi connectivity index (χ0) is 11.5. The summed E-state index contributed by atoms with van der Waals surface area (Å²) in [6.45, 7) is 0.355. The molecule has 1 aliphatic rings. The third kappa shape index (κ3) is 2.94. The zero-order valence-electron chi connectivity index (χ0n) is 8.96. The summed E-state index contributed by atoms with van der Waals surface area (Å²) in [4.78, 5) is 0. The summed E-state index contributed by atoms with van der Waals surface area (Å²) in [6.07, 6.45) is 3.05. The van der Waals surface area contributed by atoms with Crippen molar-refractivity contribution in [3.8, 4) is 0 Å². The zero-order valence-corrected chi connectivity index (χ0v) is 9.71. The summed E-state index contributed by atoms with van der Waals surface area (Å²) in [6, 6.07) is 4.55. The lowest BCUT2D eigenvalue weighted by molar-refractivity contribution is 0.0448. The van der Waals surface area contributed by atoms with E-state index < -0.39 is 0 Å². The van der Waals surface area contributed by atoms with Crippen LogP contribution < -0.4 is 5.73 Å². The summed E-state index contributed by atoms with van der Waals surface area (Å²) in [7, 11) is 0. The highest BCUT2D eigenvalue weighted by molar-refractivity contribution is 6.31. The number of halogens is 2. The fraction of sp³-hybridized carbons (Fsp3) is 0.500. The monoisotopic (exact) mass is 243 g/mol. The summed E-state index contributed by atoms with van der Waals surface area (Å²) >= 11 is 5.94. The molecule has 2 rings (SSSR count). The standard InChI is InChI=1S/C12H15ClFNO/c13-12-4-1-9(14)5-8(12)7-16-11-3-2-10(15)6-11/h1,4-5,10-11H,2-3,6-7,15H2. The number of rotatable bonds is 3. The average Bonchev–Trinajstić information content (AvgIpc) is 2.66. The van der Waals surface area contributed by atoms with E-state index in [2.05, 4.69) is 0 Å². The molecule has 0 amide bonds. The van der Waals surface area contributed by atoms with Crippen molar-refractivity contribution in [2.45, 2.75) is 38.0 Å². The molecule has 1 aliphatic carbocycles. The number of hydrogen-bond donors (Lipinski definition) is 1. The highest BCUT2D eigenvalue weighted by Crippen LogP contribution is 2.24. The van der Waals surface area contributed by atoms with Crippen LogP contribution in [0.4, 0.5) is 4.39 Å². The Morgan fingerprint density at radius 1 is 1.44 bits per heavy atom. The lowest BCUT2D eigenvalue weighted by atomic mass is 10.2. The number of benzene rings is 1. The maximum Gasteiger partial charge on any atom is 0.123 e. The molecule has 2 atom stereocenters. The van der Waals surface area contributed by atoms with Crippen LogP contribution in [0.3, 0.4) is 0 Å². The van der Waals surface area contributed by atoms with Crippen molar-refractivity contribution >= 4 is 11.6 Å². The predicted octanol–water partition coefficient (Wildman–Crippen LogP) is 2.88. The molecule has 0 bridgehead atoms. The van der Waals surface area contributed by atoms with Crippen LogP contribution >= 0.6 is 11.6 Å².